The molecule has 12 nitrogen and oxygen atoms in total. The normalized spacial score (nSPS) is 16.9. The van der Waals surface area contributed by atoms with E-state index < -0.39 is 11.9 Å². The van der Waals surface area contributed by atoms with Gasteiger partial charge in [-0.25, -0.2) is 19.6 Å². The van der Waals surface area contributed by atoms with E-state index in [1.807, 2.05) is 24.3 Å². The summed E-state index contributed by atoms with van der Waals surface area (Å²) in [7, 11) is 0. The third-order valence-electron chi connectivity index (χ3n) is 12.5. The van der Waals surface area contributed by atoms with Gasteiger partial charge in [-0.15, -0.1) is 0 Å². The zero-order chi connectivity index (χ0) is 43.8. The van der Waals surface area contributed by atoms with Crippen LogP contribution in [-0.2, 0) is 32.1 Å². The lowest BCUT2D eigenvalue weighted by Crippen LogP contribution is -2.35. The molecule has 2 N–H and O–H groups in total. The molecule has 0 aromatic heterocycles. The van der Waals surface area contributed by atoms with Crippen molar-refractivity contribution in [1.82, 2.24) is 10.1 Å². The van der Waals surface area contributed by atoms with Crippen LogP contribution in [0.25, 0.3) is 0 Å². The highest BCUT2D eigenvalue weighted by atomic mass is 16.7. The van der Waals surface area contributed by atoms with Crippen molar-refractivity contribution >= 4 is 35.2 Å². The lowest BCUT2D eigenvalue weighted by molar-refractivity contribution is -0.167. The minimum absolute atomic E-state index is 0.383. The number of guanidine groups is 2. The van der Waals surface area contributed by atoms with E-state index in [2.05, 4.69) is 93.4 Å². The Balaban J connectivity index is 0.725. The van der Waals surface area contributed by atoms with Gasteiger partial charge in [0.15, 0.2) is 0 Å². The number of carbonyl (C=O) groups excluding carboxylic acids is 2. The van der Waals surface area contributed by atoms with Crippen molar-refractivity contribution in [3.8, 4) is 11.5 Å². The van der Waals surface area contributed by atoms with E-state index in [4.69, 9.17) is 19.1 Å². The zero-order valence-corrected chi connectivity index (χ0v) is 36.9. The van der Waals surface area contributed by atoms with Gasteiger partial charge in [-0.1, -0.05) is 113 Å². The van der Waals surface area contributed by atoms with Crippen molar-refractivity contribution < 1.29 is 28.7 Å². The maximum Gasteiger partial charge on any atom is 0.356 e. The fourth-order valence-corrected chi connectivity index (χ4v) is 8.85. The number of benzene rings is 4. The molecule has 2 saturated carbocycles. The summed E-state index contributed by atoms with van der Waals surface area (Å²) >= 11 is 0. The summed E-state index contributed by atoms with van der Waals surface area (Å²) in [4.78, 5) is 45.4. The van der Waals surface area contributed by atoms with E-state index in [0.29, 0.717) is 38.1 Å². The van der Waals surface area contributed by atoms with Gasteiger partial charge < -0.3 is 29.8 Å². The van der Waals surface area contributed by atoms with Crippen molar-refractivity contribution in [2.45, 2.75) is 89.9 Å². The number of hydrogen-bond acceptors (Lipinski definition) is 12. The van der Waals surface area contributed by atoms with Gasteiger partial charge in [0, 0.05) is 23.5 Å². The first-order valence-electron chi connectivity index (χ1n) is 23.4. The summed E-state index contributed by atoms with van der Waals surface area (Å²) in [5, 5.41) is 9.25. The standard InChI is InChI=1S/C52H62N6O6/c59-49(63-57-33-31-53-51(57)55-45-19-11-41(12-20-45)37-43-15-23-47(24-16-43)61-35-29-39-7-3-1-4-8-39)27-28-50(60)64-58-34-32-54-52(58)56-46-21-13-42(14-22-46)38-44-17-25-48(26-18-44)62-36-30-40-9-5-2-6-10-40/h11-28,39-40H,1-10,29-38H2,(H,53,55)(H,54,56)/b28-27-. The van der Waals surface area contributed by atoms with Crippen LogP contribution in [0.3, 0.4) is 0 Å². The van der Waals surface area contributed by atoms with Crippen LogP contribution in [0.1, 0.15) is 99.3 Å². The van der Waals surface area contributed by atoms with E-state index in [1.165, 1.54) is 96.6 Å². The molecular formula is C52H62N6O6. The first-order valence-corrected chi connectivity index (χ1v) is 23.4. The minimum Gasteiger partial charge on any atom is -0.494 e. The number of nitrogens with zero attached hydrogens (tertiary/aromatic N) is 4. The molecule has 0 amide bonds. The molecule has 336 valence electrons. The van der Waals surface area contributed by atoms with Crippen LogP contribution < -0.4 is 20.1 Å². The summed E-state index contributed by atoms with van der Waals surface area (Å²) < 4.78 is 12.1. The van der Waals surface area contributed by atoms with Gasteiger partial charge in [0.2, 0.25) is 11.9 Å². The molecule has 4 aliphatic rings. The Morgan fingerprint density at radius 1 is 0.516 bits per heavy atom. The SMILES string of the molecule is O=C(/C=C\C(=O)ON1CCN=C1Nc1ccc(Cc2ccc(OCCC3CCCCC3)cc2)cc1)ON1CCN=C1Nc1ccc(Cc2ccc(OCCC3CCCCC3)cc2)cc1. The second-order valence-corrected chi connectivity index (χ2v) is 17.3. The highest BCUT2D eigenvalue weighted by Gasteiger charge is 2.23. The molecule has 2 heterocycles. The molecule has 4 aromatic carbocycles. The third-order valence-corrected chi connectivity index (χ3v) is 12.5. The van der Waals surface area contributed by atoms with E-state index in [1.54, 1.807) is 0 Å². The Morgan fingerprint density at radius 2 is 0.875 bits per heavy atom. The molecule has 64 heavy (non-hydrogen) atoms. The number of anilines is 2. The summed E-state index contributed by atoms with van der Waals surface area (Å²) in [6.07, 6.45) is 19.5. The van der Waals surface area contributed by atoms with Crippen molar-refractivity contribution in [3.63, 3.8) is 0 Å². The van der Waals surface area contributed by atoms with Crippen LogP contribution >= 0.6 is 0 Å². The maximum absolute atomic E-state index is 12.7. The number of ether oxygens (including phenoxy) is 2. The van der Waals surface area contributed by atoms with E-state index in [9.17, 15) is 9.59 Å². The second kappa shape index (κ2) is 22.9. The first-order chi connectivity index (χ1) is 31.5. The van der Waals surface area contributed by atoms with E-state index >= 15 is 0 Å². The summed E-state index contributed by atoms with van der Waals surface area (Å²) in [5.41, 5.74) is 6.38. The molecule has 0 bridgehead atoms. The molecule has 2 aliphatic heterocycles. The number of aliphatic imine (C=N–C) groups is 2. The predicted molar refractivity (Wildman–Crippen MR) is 251 cm³/mol. The molecular weight excluding hydrogens is 805 g/mol. The van der Waals surface area contributed by atoms with Crippen molar-refractivity contribution in [2.75, 3.05) is 50.0 Å². The van der Waals surface area contributed by atoms with Gasteiger partial charge in [-0.3, -0.25) is 0 Å². The number of hydrogen-bond donors (Lipinski definition) is 2. The van der Waals surface area contributed by atoms with Crippen LogP contribution in [-0.4, -0.2) is 73.4 Å². The highest BCUT2D eigenvalue weighted by Crippen LogP contribution is 2.28. The third kappa shape index (κ3) is 13.6. The molecule has 2 fully saturated rings. The molecule has 0 unspecified atom stereocenters. The van der Waals surface area contributed by atoms with Crippen LogP contribution in [0.2, 0.25) is 0 Å². The van der Waals surface area contributed by atoms with Gasteiger partial charge in [-0.05, 0) is 108 Å². The second-order valence-electron chi connectivity index (χ2n) is 17.3. The minimum atomic E-state index is -0.730. The lowest BCUT2D eigenvalue weighted by atomic mass is 9.87. The molecule has 2 aliphatic carbocycles. The molecule has 0 atom stereocenters. The van der Waals surface area contributed by atoms with Crippen LogP contribution in [0.5, 0.6) is 11.5 Å². The average molecular weight is 867 g/mol. The molecule has 0 spiro atoms. The predicted octanol–water partition coefficient (Wildman–Crippen LogP) is 9.91. The van der Waals surface area contributed by atoms with E-state index in [-0.39, 0.29) is 0 Å². The Labute approximate surface area is 377 Å². The quantitative estimate of drug-likeness (QED) is 0.0934. The molecule has 0 saturated heterocycles. The zero-order valence-electron chi connectivity index (χ0n) is 36.9. The van der Waals surface area contributed by atoms with Crippen molar-refractivity contribution in [2.24, 2.45) is 21.8 Å². The fourth-order valence-electron chi connectivity index (χ4n) is 8.85. The fraction of sp³-hybridized carbons (Fsp3) is 0.423. The topological polar surface area (TPSA) is 126 Å². The first kappa shape index (κ1) is 44.3. The van der Waals surface area contributed by atoms with Gasteiger partial charge in [0.05, 0.1) is 39.4 Å². The summed E-state index contributed by atoms with van der Waals surface area (Å²) in [6, 6.07) is 32.9. The Bertz CT molecular complexity index is 2040. The molecule has 0 radical (unpaired) electrons. The van der Waals surface area contributed by atoms with E-state index in [0.717, 1.165) is 85.8 Å². The summed E-state index contributed by atoms with van der Waals surface area (Å²) in [6.45, 7) is 3.24. The largest absolute Gasteiger partial charge is 0.494 e. The van der Waals surface area contributed by atoms with Gasteiger partial charge >= 0.3 is 11.9 Å². The van der Waals surface area contributed by atoms with Crippen molar-refractivity contribution in [3.05, 3.63) is 131 Å². The maximum atomic E-state index is 12.7. The Kier molecular flexibility index (Phi) is 15.8. The number of nitrogens with one attached hydrogen (secondary N) is 2. The number of rotatable bonds is 18. The van der Waals surface area contributed by atoms with Gasteiger partial charge in [0.25, 0.3) is 0 Å². The summed E-state index contributed by atoms with van der Waals surface area (Å²) in [5.74, 6) is 2.84. The molecule has 4 aromatic rings. The number of hydroxylamine groups is 4. The Hall–Kier alpha value is -6.30. The van der Waals surface area contributed by atoms with Crippen LogP contribution in [0.4, 0.5) is 11.4 Å². The molecule has 12 heteroatoms. The Morgan fingerprint density at radius 3 is 1.25 bits per heavy atom. The lowest BCUT2D eigenvalue weighted by Gasteiger charge is -2.21. The van der Waals surface area contributed by atoms with Crippen LogP contribution in [0.15, 0.2) is 119 Å². The van der Waals surface area contributed by atoms with Gasteiger partial charge in [0.1, 0.15) is 11.5 Å². The number of carbonyl (C=O) groups is 2. The monoisotopic (exact) mass is 866 g/mol. The van der Waals surface area contributed by atoms with Crippen molar-refractivity contribution in [1.29, 1.82) is 0 Å². The molecule has 8 rings (SSSR count). The van der Waals surface area contributed by atoms with Crippen LogP contribution in [0, 0.1) is 11.8 Å². The smallest absolute Gasteiger partial charge is 0.356 e. The highest BCUT2D eigenvalue weighted by molar-refractivity contribution is 5.97. The van der Waals surface area contributed by atoms with Gasteiger partial charge in [-0.2, -0.15) is 10.1 Å². The average Bonchev–Trinajstić information content (AvgIpc) is 3.96.